The average Bonchev–Trinajstić information content (AvgIpc) is 3.37. The molecule has 7 nitrogen and oxygen atoms in total. The summed E-state index contributed by atoms with van der Waals surface area (Å²) in [5.74, 6) is 0.771. The number of imidazole rings is 1. The predicted molar refractivity (Wildman–Crippen MR) is 96.9 cm³/mol. The molecule has 0 spiro atoms. The van der Waals surface area contributed by atoms with Crippen LogP contribution in [0.5, 0.6) is 0 Å². The predicted octanol–water partition coefficient (Wildman–Crippen LogP) is 2.02. The lowest BCUT2D eigenvalue weighted by molar-refractivity contribution is -0.145. The van der Waals surface area contributed by atoms with E-state index >= 15 is 0 Å². The van der Waals surface area contributed by atoms with Crippen LogP contribution in [-0.2, 0) is 9.53 Å². The van der Waals surface area contributed by atoms with Crippen LogP contribution in [0.15, 0.2) is 18.6 Å². The summed E-state index contributed by atoms with van der Waals surface area (Å²) < 4.78 is 7.11. The number of nitrogens with zero attached hydrogens (tertiary/aromatic N) is 5. The van der Waals surface area contributed by atoms with Crippen molar-refractivity contribution in [2.45, 2.75) is 31.3 Å². The Morgan fingerprint density at radius 2 is 2.12 bits per heavy atom. The van der Waals surface area contributed by atoms with Gasteiger partial charge >= 0.3 is 5.97 Å². The van der Waals surface area contributed by atoms with E-state index in [0.717, 1.165) is 41.9 Å². The van der Waals surface area contributed by atoms with Gasteiger partial charge in [0.2, 0.25) is 0 Å². The number of esters is 1. The number of likely N-dealkylation sites (tertiary alicyclic amines) is 1. The molecule has 2 atom stereocenters. The van der Waals surface area contributed by atoms with Crippen molar-refractivity contribution < 1.29 is 9.53 Å². The Kier molecular flexibility index (Phi) is 4.47. The number of hydrogen-bond acceptors (Lipinski definition) is 7. The van der Waals surface area contributed by atoms with Crippen molar-refractivity contribution in [1.29, 1.82) is 0 Å². The zero-order chi connectivity index (χ0) is 17.4. The van der Waals surface area contributed by atoms with E-state index in [-0.39, 0.29) is 18.1 Å². The maximum Gasteiger partial charge on any atom is 0.323 e. The van der Waals surface area contributed by atoms with Crippen molar-refractivity contribution in [3.05, 3.63) is 18.6 Å². The first-order valence-corrected chi connectivity index (χ1v) is 9.51. The molecule has 2 aliphatic heterocycles. The molecule has 0 amide bonds. The van der Waals surface area contributed by atoms with E-state index in [2.05, 4.69) is 24.3 Å². The minimum absolute atomic E-state index is 0.166. The van der Waals surface area contributed by atoms with Crippen LogP contribution in [0, 0.1) is 0 Å². The Balaban J connectivity index is 1.56. The average molecular weight is 361 g/mol. The third kappa shape index (κ3) is 3.04. The van der Waals surface area contributed by atoms with Gasteiger partial charge in [-0.3, -0.25) is 9.69 Å². The molecule has 0 radical (unpaired) electrons. The molecule has 4 rings (SSSR count). The van der Waals surface area contributed by atoms with Crippen LogP contribution in [0.2, 0.25) is 0 Å². The molecule has 25 heavy (non-hydrogen) atoms. The highest BCUT2D eigenvalue weighted by molar-refractivity contribution is 7.18. The van der Waals surface area contributed by atoms with Gasteiger partial charge in [-0.2, -0.15) is 0 Å². The van der Waals surface area contributed by atoms with Crippen LogP contribution in [-0.4, -0.2) is 65.2 Å². The molecular formula is C17H23N5O2S. The molecule has 134 valence electrons. The highest BCUT2D eigenvalue weighted by Gasteiger charge is 2.37. The zero-order valence-corrected chi connectivity index (χ0v) is 15.4. The Labute approximate surface area is 151 Å². The number of carbonyl (C=O) groups excluding carboxylic acids is 1. The van der Waals surface area contributed by atoms with Gasteiger partial charge in [-0.05, 0) is 26.3 Å². The van der Waals surface area contributed by atoms with Crippen molar-refractivity contribution in [3.63, 3.8) is 0 Å². The first kappa shape index (κ1) is 16.5. The van der Waals surface area contributed by atoms with Gasteiger partial charge in [0, 0.05) is 38.1 Å². The molecule has 0 bridgehead atoms. The lowest BCUT2D eigenvalue weighted by atomic mass is 10.1. The third-order valence-corrected chi connectivity index (χ3v) is 6.21. The fourth-order valence-corrected chi connectivity index (χ4v) is 4.78. The fraction of sp³-hybridized carbons (Fsp3) is 0.588. The lowest BCUT2D eigenvalue weighted by Crippen LogP contribution is -2.33. The highest BCUT2D eigenvalue weighted by atomic mass is 32.1. The summed E-state index contributed by atoms with van der Waals surface area (Å²) in [6, 6.07) is 0.0239. The molecule has 4 heterocycles. The molecule has 8 heteroatoms. The molecule has 2 aliphatic rings. The number of carbonyl (C=O) groups is 1. The molecular weight excluding hydrogens is 338 g/mol. The van der Waals surface area contributed by atoms with Crippen molar-refractivity contribution in [2.75, 3.05) is 38.7 Å². The maximum atomic E-state index is 11.9. The second-order valence-electron chi connectivity index (χ2n) is 6.73. The smallest absolute Gasteiger partial charge is 0.323 e. The van der Waals surface area contributed by atoms with Crippen LogP contribution < -0.4 is 4.90 Å². The highest BCUT2D eigenvalue weighted by Crippen LogP contribution is 2.35. The van der Waals surface area contributed by atoms with Gasteiger partial charge in [0.1, 0.15) is 6.04 Å². The molecule has 2 fully saturated rings. The van der Waals surface area contributed by atoms with E-state index < -0.39 is 0 Å². The quantitative estimate of drug-likeness (QED) is 0.777. The van der Waals surface area contributed by atoms with Gasteiger partial charge < -0.3 is 14.2 Å². The number of methoxy groups -OCH3 is 1. The van der Waals surface area contributed by atoms with Gasteiger partial charge in [0.25, 0.3) is 0 Å². The number of ether oxygens (including phenoxy) is 1. The van der Waals surface area contributed by atoms with Gasteiger partial charge in [-0.25, -0.2) is 9.97 Å². The Morgan fingerprint density at radius 3 is 2.88 bits per heavy atom. The summed E-state index contributed by atoms with van der Waals surface area (Å²) in [6.45, 7) is 2.99. The number of thiazole rings is 1. The molecule has 0 N–H and O–H groups in total. The fourth-order valence-electron chi connectivity index (χ4n) is 3.81. The zero-order valence-electron chi connectivity index (χ0n) is 14.6. The number of rotatable bonds is 4. The van der Waals surface area contributed by atoms with E-state index in [1.165, 1.54) is 20.0 Å². The Hall–Kier alpha value is -1.93. The molecule has 2 aromatic heterocycles. The summed E-state index contributed by atoms with van der Waals surface area (Å²) in [4.78, 5) is 26.6. The van der Waals surface area contributed by atoms with Crippen LogP contribution in [0.4, 0.5) is 5.13 Å². The van der Waals surface area contributed by atoms with Crippen LogP contribution >= 0.6 is 11.3 Å². The maximum absolute atomic E-state index is 11.9. The molecule has 2 aromatic rings. The van der Waals surface area contributed by atoms with Gasteiger partial charge in [0.05, 0.1) is 18.2 Å². The topological polar surface area (TPSA) is 63.5 Å². The largest absolute Gasteiger partial charge is 0.468 e. The number of anilines is 1. The van der Waals surface area contributed by atoms with E-state index in [1.807, 2.05) is 25.6 Å². The minimum Gasteiger partial charge on any atom is -0.468 e. The van der Waals surface area contributed by atoms with Gasteiger partial charge in [0.15, 0.2) is 11.0 Å². The van der Waals surface area contributed by atoms with E-state index in [0.29, 0.717) is 0 Å². The van der Waals surface area contributed by atoms with E-state index in [4.69, 9.17) is 4.74 Å². The summed E-state index contributed by atoms with van der Waals surface area (Å²) in [5.41, 5.74) is 0. The first-order valence-electron chi connectivity index (χ1n) is 8.69. The normalized spacial score (nSPS) is 24.2. The first-order chi connectivity index (χ1) is 12.2. The number of aromatic nitrogens is 3. The summed E-state index contributed by atoms with van der Waals surface area (Å²) in [6.07, 6.45) is 8.98. The number of hydrogen-bond donors (Lipinski definition) is 0. The third-order valence-electron chi connectivity index (χ3n) is 5.15. The van der Waals surface area contributed by atoms with E-state index in [1.54, 1.807) is 11.3 Å². The lowest BCUT2D eigenvalue weighted by Gasteiger charge is -2.15. The van der Waals surface area contributed by atoms with E-state index in [9.17, 15) is 4.79 Å². The molecule has 0 unspecified atom stereocenters. The van der Waals surface area contributed by atoms with Crippen molar-refractivity contribution in [1.82, 2.24) is 19.4 Å². The van der Waals surface area contributed by atoms with Gasteiger partial charge in [-0.1, -0.05) is 11.3 Å². The molecule has 0 aromatic carbocycles. The second kappa shape index (κ2) is 6.76. The minimum atomic E-state index is -0.188. The molecule has 2 saturated heterocycles. The Bertz CT molecular complexity index is 752. The van der Waals surface area contributed by atoms with Crippen molar-refractivity contribution >= 4 is 22.4 Å². The number of likely N-dealkylation sites (N-methyl/N-ethyl adjacent to an activating group) is 1. The molecule has 0 saturated carbocycles. The summed E-state index contributed by atoms with van der Waals surface area (Å²) in [5, 5.41) is 1.08. The van der Waals surface area contributed by atoms with Crippen LogP contribution in [0.3, 0.4) is 0 Å². The standard InChI is InChI=1S/C17H23N5O2S/c1-20-11-12(9-13(20)16(23)24-2)22-8-5-18-15(22)14-10-19-17(25-14)21-6-3-4-7-21/h5,8,10,12-13H,3-4,6-7,9,11H2,1-2H3/t12-,13+/m1/s1. The summed E-state index contributed by atoms with van der Waals surface area (Å²) in [7, 11) is 3.42. The van der Waals surface area contributed by atoms with Crippen LogP contribution in [0.1, 0.15) is 25.3 Å². The van der Waals surface area contributed by atoms with Gasteiger partial charge in [-0.15, -0.1) is 0 Å². The van der Waals surface area contributed by atoms with Crippen LogP contribution in [0.25, 0.3) is 10.7 Å². The summed E-state index contributed by atoms with van der Waals surface area (Å²) >= 11 is 1.70. The molecule has 0 aliphatic carbocycles. The van der Waals surface area contributed by atoms with Crippen molar-refractivity contribution in [2.24, 2.45) is 0 Å². The van der Waals surface area contributed by atoms with Crippen molar-refractivity contribution in [3.8, 4) is 10.7 Å². The Morgan fingerprint density at radius 1 is 1.32 bits per heavy atom. The monoisotopic (exact) mass is 361 g/mol. The second-order valence-corrected chi connectivity index (χ2v) is 7.74. The SMILES string of the molecule is COC(=O)[C@@H]1C[C@@H](n2ccnc2-c2cnc(N3CCCC3)s2)CN1C.